The predicted octanol–water partition coefficient (Wildman–Crippen LogP) is 0.715. The fourth-order valence-electron chi connectivity index (χ4n) is 1.19. The lowest BCUT2D eigenvalue weighted by molar-refractivity contribution is -0.143. The third-order valence-corrected chi connectivity index (χ3v) is 2.96. The summed E-state index contributed by atoms with van der Waals surface area (Å²) in [5.74, 6) is -0.133. The Balaban J connectivity index is 2.39. The zero-order chi connectivity index (χ0) is 8.27. The van der Waals surface area contributed by atoms with Gasteiger partial charge in [-0.2, -0.15) is 0 Å². The number of rotatable bonds is 1. The Bertz CT molecular complexity index is 151. The maximum absolute atomic E-state index is 11.0. The van der Waals surface area contributed by atoms with E-state index in [1.54, 1.807) is 0 Å². The number of esters is 1. The number of alkyl halides is 1. The Labute approximate surface area is 80.0 Å². The molecule has 0 aromatic rings. The lowest BCUT2D eigenvalue weighted by atomic mass is 10.1. The quantitative estimate of drug-likeness (QED) is 0.433. The molecule has 4 heteroatoms. The molecule has 2 atom stereocenters. The van der Waals surface area contributed by atoms with Gasteiger partial charge in [-0.3, -0.25) is 4.79 Å². The first kappa shape index (κ1) is 9.25. The summed E-state index contributed by atoms with van der Waals surface area (Å²) in [5, 5.41) is 3.12. The van der Waals surface area contributed by atoms with Crippen LogP contribution in [0.2, 0.25) is 0 Å². The van der Waals surface area contributed by atoms with Gasteiger partial charge < -0.3 is 10.1 Å². The van der Waals surface area contributed by atoms with Crippen molar-refractivity contribution < 1.29 is 9.53 Å². The Morgan fingerprint density at radius 3 is 3.00 bits per heavy atom. The molecule has 64 valence electrons. The van der Waals surface area contributed by atoms with Gasteiger partial charge in [-0.05, 0) is 19.4 Å². The van der Waals surface area contributed by atoms with Crippen molar-refractivity contribution in [2.24, 2.45) is 0 Å². The molecule has 1 fully saturated rings. The number of nitrogens with one attached hydrogen (secondary N) is 1. The number of hydrogen-bond acceptors (Lipinski definition) is 3. The normalized spacial score (nSPS) is 31.5. The molecule has 0 bridgehead atoms. The van der Waals surface area contributed by atoms with E-state index in [0.29, 0.717) is 3.92 Å². The highest BCUT2D eigenvalue weighted by molar-refractivity contribution is 14.1. The second-order valence-corrected chi connectivity index (χ2v) is 4.41. The molecule has 0 saturated carbocycles. The van der Waals surface area contributed by atoms with Crippen molar-refractivity contribution in [2.45, 2.75) is 22.8 Å². The second kappa shape index (κ2) is 4.25. The highest BCUT2D eigenvalue weighted by atomic mass is 127. The van der Waals surface area contributed by atoms with Crippen molar-refractivity contribution in [3.63, 3.8) is 0 Å². The third-order valence-electron chi connectivity index (χ3n) is 1.83. The number of carbonyl (C=O) groups is 1. The van der Waals surface area contributed by atoms with Crippen LogP contribution in [0.15, 0.2) is 0 Å². The smallest absolute Gasteiger partial charge is 0.322 e. The van der Waals surface area contributed by atoms with Crippen LogP contribution in [0.4, 0.5) is 0 Å². The first-order chi connectivity index (χ1) is 5.24. The van der Waals surface area contributed by atoms with Gasteiger partial charge in [0.15, 0.2) is 0 Å². The monoisotopic (exact) mass is 269 g/mol. The minimum absolute atomic E-state index is 0.0735. The summed E-state index contributed by atoms with van der Waals surface area (Å²) < 4.78 is 5.24. The van der Waals surface area contributed by atoms with Crippen LogP contribution >= 0.6 is 22.6 Å². The maximum atomic E-state index is 11.0. The molecular weight excluding hydrogens is 257 g/mol. The van der Waals surface area contributed by atoms with Crippen LogP contribution in [0.1, 0.15) is 12.8 Å². The van der Waals surface area contributed by atoms with E-state index in [1.807, 2.05) is 0 Å². The van der Waals surface area contributed by atoms with Crippen molar-refractivity contribution in [3.8, 4) is 0 Å². The summed E-state index contributed by atoms with van der Waals surface area (Å²) in [4.78, 5) is 11.0. The molecular formula is C7H12INO2. The van der Waals surface area contributed by atoms with Gasteiger partial charge >= 0.3 is 5.97 Å². The van der Waals surface area contributed by atoms with Gasteiger partial charge in [0.1, 0.15) is 6.04 Å². The van der Waals surface area contributed by atoms with Crippen LogP contribution in [0.5, 0.6) is 0 Å². The second-order valence-electron chi connectivity index (χ2n) is 2.65. The molecule has 3 nitrogen and oxygen atoms in total. The molecule has 0 aliphatic carbocycles. The van der Waals surface area contributed by atoms with Crippen molar-refractivity contribution in [2.75, 3.05) is 13.7 Å². The lowest BCUT2D eigenvalue weighted by Crippen LogP contribution is -2.44. The topological polar surface area (TPSA) is 38.3 Å². The van der Waals surface area contributed by atoms with Gasteiger partial charge in [0, 0.05) is 3.92 Å². The molecule has 0 spiro atoms. The molecule has 1 N–H and O–H groups in total. The summed E-state index contributed by atoms with van der Waals surface area (Å²) in [6.07, 6.45) is 2.04. The van der Waals surface area contributed by atoms with Gasteiger partial charge in [-0.15, -0.1) is 0 Å². The Hall–Kier alpha value is 0.160. The van der Waals surface area contributed by atoms with E-state index < -0.39 is 0 Å². The fourth-order valence-corrected chi connectivity index (χ4v) is 2.01. The molecule has 1 aliphatic heterocycles. The van der Waals surface area contributed by atoms with E-state index in [-0.39, 0.29) is 12.0 Å². The number of halogens is 1. The SMILES string of the molecule is COC(=O)C1CC(I)CCN1. The third kappa shape index (κ3) is 2.59. The van der Waals surface area contributed by atoms with Crippen LogP contribution < -0.4 is 5.32 Å². The summed E-state index contributed by atoms with van der Waals surface area (Å²) >= 11 is 2.37. The van der Waals surface area contributed by atoms with Crippen LogP contribution in [0.3, 0.4) is 0 Å². The minimum atomic E-state index is -0.133. The van der Waals surface area contributed by atoms with Crippen LogP contribution in [-0.4, -0.2) is 29.6 Å². The number of piperidine rings is 1. The van der Waals surface area contributed by atoms with E-state index in [4.69, 9.17) is 0 Å². The summed E-state index contributed by atoms with van der Waals surface area (Å²) in [6.45, 7) is 0.924. The van der Waals surface area contributed by atoms with Crippen molar-refractivity contribution in [1.82, 2.24) is 5.32 Å². The molecule has 1 aliphatic rings. The lowest BCUT2D eigenvalue weighted by Gasteiger charge is -2.24. The molecule has 0 radical (unpaired) electrons. The summed E-state index contributed by atoms with van der Waals surface area (Å²) in [7, 11) is 1.43. The van der Waals surface area contributed by atoms with Gasteiger partial charge in [0.25, 0.3) is 0 Å². The highest BCUT2D eigenvalue weighted by Crippen LogP contribution is 2.17. The van der Waals surface area contributed by atoms with Crippen molar-refractivity contribution >= 4 is 28.6 Å². The van der Waals surface area contributed by atoms with Gasteiger partial charge in [0.05, 0.1) is 7.11 Å². The molecule has 0 amide bonds. The number of ether oxygens (including phenoxy) is 1. The summed E-state index contributed by atoms with van der Waals surface area (Å²) in [6, 6.07) is -0.0735. The standard InChI is InChI=1S/C7H12INO2/c1-11-7(10)6-4-5(8)2-3-9-6/h5-6,9H,2-4H2,1H3. The molecule has 1 rings (SSSR count). The molecule has 0 aromatic heterocycles. The Morgan fingerprint density at radius 1 is 1.73 bits per heavy atom. The summed E-state index contributed by atoms with van der Waals surface area (Å²) in [5.41, 5.74) is 0. The van der Waals surface area contributed by atoms with Crippen molar-refractivity contribution in [3.05, 3.63) is 0 Å². The van der Waals surface area contributed by atoms with E-state index in [0.717, 1.165) is 19.4 Å². The van der Waals surface area contributed by atoms with Crippen LogP contribution in [-0.2, 0) is 9.53 Å². The van der Waals surface area contributed by atoms with Gasteiger partial charge in [0.2, 0.25) is 0 Å². The predicted molar refractivity (Wildman–Crippen MR) is 50.8 cm³/mol. The fraction of sp³-hybridized carbons (Fsp3) is 0.857. The van der Waals surface area contributed by atoms with Crippen molar-refractivity contribution in [1.29, 1.82) is 0 Å². The average molecular weight is 269 g/mol. The Kier molecular flexibility index (Phi) is 3.58. The molecule has 1 saturated heterocycles. The molecule has 0 aromatic carbocycles. The number of carbonyl (C=O) groups excluding carboxylic acids is 1. The zero-order valence-corrected chi connectivity index (χ0v) is 8.63. The maximum Gasteiger partial charge on any atom is 0.322 e. The van der Waals surface area contributed by atoms with Crippen LogP contribution in [0, 0.1) is 0 Å². The number of hydrogen-bond donors (Lipinski definition) is 1. The largest absolute Gasteiger partial charge is 0.468 e. The zero-order valence-electron chi connectivity index (χ0n) is 6.47. The minimum Gasteiger partial charge on any atom is -0.468 e. The Morgan fingerprint density at radius 2 is 2.45 bits per heavy atom. The van der Waals surface area contributed by atoms with E-state index in [1.165, 1.54) is 7.11 Å². The first-order valence-electron chi connectivity index (χ1n) is 3.69. The van der Waals surface area contributed by atoms with E-state index in [9.17, 15) is 4.79 Å². The van der Waals surface area contributed by atoms with Crippen LogP contribution in [0.25, 0.3) is 0 Å². The van der Waals surface area contributed by atoms with E-state index >= 15 is 0 Å². The highest BCUT2D eigenvalue weighted by Gasteiger charge is 2.25. The molecule has 1 heterocycles. The van der Waals surface area contributed by atoms with E-state index in [2.05, 4.69) is 32.6 Å². The molecule has 11 heavy (non-hydrogen) atoms. The van der Waals surface area contributed by atoms with Gasteiger partial charge in [-0.1, -0.05) is 22.6 Å². The first-order valence-corrected chi connectivity index (χ1v) is 4.94. The van der Waals surface area contributed by atoms with Gasteiger partial charge in [-0.25, -0.2) is 0 Å². The average Bonchev–Trinajstić information content (AvgIpc) is 2.03. The number of methoxy groups -OCH3 is 1. The molecule has 2 unspecified atom stereocenters.